The molecule has 0 bridgehead atoms. The topological polar surface area (TPSA) is 90.0 Å². The van der Waals surface area contributed by atoms with E-state index in [9.17, 15) is 18.0 Å². The lowest BCUT2D eigenvalue weighted by Gasteiger charge is -2.33. The Hall–Kier alpha value is -2.62. The van der Waals surface area contributed by atoms with Gasteiger partial charge in [-0.05, 0) is 68.5 Å². The molecule has 0 spiro atoms. The quantitative estimate of drug-likeness (QED) is 0.485. The summed E-state index contributed by atoms with van der Waals surface area (Å²) in [5.41, 5.74) is 2.76. The largest absolute Gasteiger partial charge is 0.352 e. The van der Waals surface area contributed by atoms with E-state index in [1.807, 2.05) is 25.1 Å². The van der Waals surface area contributed by atoms with Gasteiger partial charge >= 0.3 is 10.2 Å². The maximum absolute atomic E-state index is 13.9. The molecule has 0 aromatic heterocycles. The third-order valence-electron chi connectivity index (χ3n) is 6.76. The van der Waals surface area contributed by atoms with Crippen LogP contribution in [0.2, 0.25) is 5.02 Å². The van der Waals surface area contributed by atoms with Crippen molar-refractivity contribution in [2.45, 2.75) is 65.1 Å². The Bertz CT molecular complexity index is 1230. The number of amides is 2. The lowest BCUT2D eigenvalue weighted by molar-refractivity contribution is -0.139. The smallest absolute Gasteiger partial charge is 0.304 e. The number of carbonyl (C=O) groups is 2. The van der Waals surface area contributed by atoms with Crippen molar-refractivity contribution >= 4 is 39.3 Å². The number of hydrogen-bond acceptors (Lipinski definition) is 4. The number of rotatable bonds is 10. The van der Waals surface area contributed by atoms with Crippen molar-refractivity contribution in [2.75, 3.05) is 24.9 Å². The minimum Gasteiger partial charge on any atom is -0.352 e. The van der Waals surface area contributed by atoms with E-state index in [4.69, 9.17) is 11.6 Å². The molecule has 1 aliphatic carbocycles. The highest BCUT2D eigenvalue weighted by Gasteiger charge is 2.34. The summed E-state index contributed by atoms with van der Waals surface area (Å²) in [6.07, 6.45) is 3.97. The Balaban J connectivity index is 1.96. The van der Waals surface area contributed by atoms with E-state index >= 15 is 0 Å². The average molecular weight is 549 g/mol. The second-order valence-electron chi connectivity index (χ2n) is 9.90. The van der Waals surface area contributed by atoms with Gasteiger partial charge in [-0.25, -0.2) is 4.31 Å². The predicted octanol–water partition coefficient (Wildman–Crippen LogP) is 4.05. The van der Waals surface area contributed by atoms with Crippen molar-refractivity contribution in [1.82, 2.24) is 14.5 Å². The minimum atomic E-state index is -4.01. The number of benzene rings is 2. The monoisotopic (exact) mass is 548 g/mol. The molecular formula is C27H37ClN4O4S. The number of nitrogens with one attached hydrogen (secondary N) is 1. The molecular weight excluding hydrogens is 512 g/mol. The molecule has 0 radical (unpaired) electrons. The minimum absolute atomic E-state index is 0.0960. The third-order valence-corrected chi connectivity index (χ3v) is 8.80. The first-order valence-corrected chi connectivity index (χ1v) is 14.3. The Morgan fingerprint density at radius 3 is 2.38 bits per heavy atom. The normalized spacial score (nSPS) is 15.0. The first-order chi connectivity index (χ1) is 17.4. The fourth-order valence-electron chi connectivity index (χ4n) is 4.50. The molecule has 1 atom stereocenters. The van der Waals surface area contributed by atoms with Gasteiger partial charge in [0.15, 0.2) is 0 Å². The van der Waals surface area contributed by atoms with E-state index in [1.54, 1.807) is 38.1 Å². The van der Waals surface area contributed by atoms with Crippen LogP contribution in [0.25, 0.3) is 0 Å². The van der Waals surface area contributed by atoms with E-state index in [0.717, 1.165) is 51.0 Å². The predicted molar refractivity (Wildman–Crippen MR) is 148 cm³/mol. The van der Waals surface area contributed by atoms with Gasteiger partial charge in [-0.2, -0.15) is 12.7 Å². The molecule has 0 heterocycles. The van der Waals surface area contributed by atoms with Crippen LogP contribution in [0.3, 0.4) is 0 Å². The van der Waals surface area contributed by atoms with Crippen molar-refractivity contribution in [3.05, 3.63) is 64.2 Å². The fourth-order valence-corrected chi connectivity index (χ4v) is 5.82. The first-order valence-electron chi connectivity index (χ1n) is 12.5. The molecule has 2 amide bonds. The Kier molecular flexibility index (Phi) is 9.61. The Labute approximate surface area is 225 Å². The van der Waals surface area contributed by atoms with E-state index < -0.39 is 28.7 Å². The fraction of sp³-hybridized carbons (Fsp3) is 0.481. The van der Waals surface area contributed by atoms with Gasteiger partial charge in [0.25, 0.3) is 0 Å². The molecule has 8 nitrogen and oxygen atoms in total. The summed E-state index contributed by atoms with van der Waals surface area (Å²) in [7, 11) is -1.15. The third kappa shape index (κ3) is 7.24. The zero-order valence-electron chi connectivity index (χ0n) is 22.2. The number of hydrogen-bond donors (Lipinski definition) is 1. The van der Waals surface area contributed by atoms with Gasteiger partial charge in [-0.1, -0.05) is 48.7 Å². The number of anilines is 1. The lowest BCUT2D eigenvalue weighted by atomic mass is 10.1. The van der Waals surface area contributed by atoms with E-state index in [1.165, 1.54) is 19.0 Å². The summed E-state index contributed by atoms with van der Waals surface area (Å²) >= 11 is 6.18. The molecule has 0 aliphatic heterocycles. The molecule has 1 N–H and O–H groups in total. The highest BCUT2D eigenvalue weighted by Crippen LogP contribution is 2.26. The molecule has 0 unspecified atom stereocenters. The van der Waals surface area contributed by atoms with Crippen molar-refractivity contribution < 1.29 is 18.0 Å². The van der Waals surface area contributed by atoms with Crippen LogP contribution in [0.4, 0.5) is 5.69 Å². The lowest BCUT2D eigenvalue weighted by Crippen LogP contribution is -2.53. The van der Waals surface area contributed by atoms with Crippen molar-refractivity contribution in [3.63, 3.8) is 0 Å². The van der Waals surface area contributed by atoms with Crippen molar-refractivity contribution in [3.8, 4) is 0 Å². The van der Waals surface area contributed by atoms with Gasteiger partial charge in [0.05, 0.1) is 5.69 Å². The van der Waals surface area contributed by atoms with E-state index in [-0.39, 0.29) is 18.5 Å². The average Bonchev–Trinajstić information content (AvgIpc) is 3.35. The summed E-state index contributed by atoms with van der Waals surface area (Å²) < 4.78 is 28.9. The first kappa shape index (κ1) is 28.9. The van der Waals surface area contributed by atoms with Crippen LogP contribution in [0.15, 0.2) is 42.5 Å². The van der Waals surface area contributed by atoms with Crippen LogP contribution in [0.1, 0.15) is 49.3 Å². The summed E-state index contributed by atoms with van der Waals surface area (Å²) in [5.74, 6) is -0.739. The van der Waals surface area contributed by atoms with Crippen LogP contribution < -0.4 is 9.62 Å². The molecule has 1 saturated carbocycles. The maximum atomic E-state index is 13.9. The van der Waals surface area contributed by atoms with Crippen molar-refractivity contribution in [2.24, 2.45) is 0 Å². The molecule has 3 rings (SSSR count). The van der Waals surface area contributed by atoms with Crippen LogP contribution in [0.5, 0.6) is 0 Å². The van der Waals surface area contributed by atoms with Gasteiger partial charge < -0.3 is 10.2 Å². The Morgan fingerprint density at radius 1 is 1.08 bits per heavy atom. The molecule has 202 valence electrons. The maximum Gasteiger partial charge on any atom is 0.304 e. The summed E-state index contributed by atoms with van der Waals surface area (Å²) in [5, 5.41) is 3.58. The van der Waals surface area contributed by atoms with E-state index in [2.05, 4.69) is 5.32 Å². The number of halogens is 1. The van der Waals surface area contributed by atoms with Gasteiger partial charge in [0, 0.05) is 31.7 Å². The summed E-state index contributed by atoms with van der Waals surface area (Å²) in [6.45, 7) is 5.01. The van der Waals surface area contributed by atoms with Gasteiger partial charge in [0.1, 0.15) is 12.6 Å². The van der Waals surface area contributed by atoms with Crippen molar-refractivity contribution in [1.29, 1.82) is 0 Å². The molecule has 0 saturated heterocycles. The molecule has 10 heteroatoms. The van der Waals surface area contributed by atoms with Crippen LogP contribution in [0, 0.1) is 13.8 Å². The zero-order valence-corrected chi connectivity index (χ0v) is 23.8. The summed E-state index contributed by atoms with van der Waals surface area (Å²) in [4.78, 5) is 28.5. The molecule has 1 aliphatic rings. The SMILES string of the molecule is Cc1ccc(C)c(N(CC(=O)N(Cc2cccc(Cl)c2)[C@H](C)C(=O)NC2CCCC2)S(=O)(=O)N(C)C)c1. The van der Waals surface area contributed by atoms with Crippen LogP contribution in [-0.2, 0) is 26.3 Å². The standard InChI is InChI=1S/C27H37ClN4O4S/c1-19-13-14-20(2)25(15-19)32(37(35,36)30(4)5)18-26(33)31(17-22-9-8-10-23(28)16-22)21(3)27(34)29-24-11-6-7-12-24/h8-10,13-16,21,24H,6-7,11-12,17-18H2,1-5H3,(H,29,34)/t21-/m1/s1. The summed E-state index contributed by atoms with van der Waals surface area (Å²) in [6, 6.07) is 11.8. The van der Waals surface area contributed by atoms with Gasteiger partial charge in [-0.15, -0.1) is 0 Å². The number of aryl methyl sites for hydroxylation is 2. The highest BCUT2D eigenvalue weighted by atomic mass is 35.5. The van der Waals surface area contributed by atoms with E-state index in [0.29, 0.717) is 10.7 Å². The number of carbonyl (C=O) groups excluding carboxylic acids is 2. The second kappa shape index (κ2) is 12.3. The zero-order chi connectivity index (χ0) is 27.3. The Morgan fingerprint density at radius 2 is 1.76 bits per heavy atom. The molecule has 37 heavy (non-hydrogen) atoms. The van der Waals surface area contributed by atoms with Gasteiger partial charge in [0.2, 0.25) is 11.8 Å². The van der Waals surface area contributed by atoms with Crippen LogP contribution in [-0.4, -0.2) is 62.2 Å². The molecule has 2 aromatic carbocycles. The number of nitrogens with zero attached hydrogens (tertiary/aromatic N) is 3. The molecule has 2 aromatic rings. The van der Waals surface area contributed by atoms with Gasteiger partial charge in [-0.3, -0.25) is 9.59 Å². The van der Waals surface area contributed by atoms with Crippen LogP contribution >= 0.6 is 11.6 Å². The highest BCUT2D eigenvalue weighted by molar-refractivity contribution is 7.90. The second-order valence-corrected chi connectivity index (χ2v) is 12.4. The molecule has 1 fully saturated rings.